The molecule has 0 saturated carbocycles. The minimum atomic E-state index is -1.91. The fraction of sp³-hybridized carbons (Fsp3) is 0.267. The molecule has 5 heteroatoms. The molecule has 20 heavy (non-hydrogen) atoms. The predicted molar refractivity (Wildman–Crippen MR) is 68.1 cm³/mol. The maximum Gasteiger partial charge on any atom is 0.179 e. The third-order valence-electron chi connectivity index (χ3n) is 2.87. The molecule has 96 valence electrons. The normalized spacial score (nSPS) is 9.85. The summed E-state index contributed by atoms with van der Waals surface area (Å²) in [6.07, 6.45) is -0.365. The topological polar surface area (TPSA) is 112 Å². The van der Waals surface area contributed by atoms with Crippen molar-refractivity contribution in [2.75, 3.05) is 0 Å². The molecule has 0 amide bonds. The molecule has 0 aliphatic rings. The van der Waals surface area contributed by atoms with Crippen molar-refractivity contribution in [1.82, 2.24) is 0 Å². The zero-order valence-electron chi connectivity index (χ0n) is 10.6. The summed E-state index contributed by atoms with van der Waals surface area (Å²) >= 11 is 0. The lowest BCUT2D eigenvalue weighted by Gasteiger charge is -2.17. The summed E-state index contributed by atoms with van der Waals surface area (Å²) in [6.45, 7) is 0. The Hall–Kier alpha value is -3.15. The zero-order valence-corrected chi connectivity index (χ0v) is 10.6. The Balaban J connectivity index is 2.92. The van der Waals surface area contributed by atoms with E-state index < -0.39 is 17.8 Å². The maximum absolute atomic E-state index is 12.0. The first-order valence-corrected chi connectivity index (χ1v) is 5.79. The lowest BCUT2D eigenvalue weighted by molar-refractivity contribution is -0.119. The van der Waals surface area contributed by atoms with Gasteiger partial charge in [-0.15, -0.1) is 0 Å². The largest absolute Gasteiger partial charge is 0.299 e. The minimum absolute atomic E-state index is 0.0650. The second kappa shape index (κ2) is 6.69. The molecule has 0 atom stereocenters. The number of carbonyl (C=O) groups is 1. The van der Waals surface area contributed by atoms with E-state index in [4.69, 9.17) is 21.0 Å². The van der Waals surface area contributed by atoms with Crippen LogP contribution in [0.1, 0.15) is 12.0 Å². The van der Waals surface area contributed by atoms with Gasteiger partial charge in [0, 0.05) is 12.8 Å². The number of hydrogen-bond donors (Lipinski definition) is 0. The first-order chi connectivity index (χ1) is 9.61. The maximum atomic E-state index is 12.0. The van der Waals surface area contributed by atoms with Gasteiger partial charge in [0.25, 0.3) is 0 Å². The quantitative estimate of drug-likeness (QED) is 0.803. The van der Waals surface area contributed by atoms with Gasteiger partial charge in [-0.2, -0.15) is 21.0 Å². The Morgan fingerprint density at radius 1 is 1.05 bits per heavy atom. The Morgan fingerprint density at radius 3 is 2.05 bits per heavy atom. The standard InChI is InChI=1S/C15H10N4O/c16-8-13(9-17)15(10-18,11-19)7-14(20)6-12-4-2-1-3-5-12/h1-5,13H,6-7H2. The molecule has 0 radical (unpaired) electrons. The van der Waals surface area contributed by atoms with Crippen molar-refractivity contribution < 1.29 is 4.79 Å². The highest BCUT2D eigenvalue weighted by Gasteiger charge is 2.42. The number of nitriles is 4. The highest BCUT2D eigenvalue weighted by atomic mass is 16.1. The molecule has 1 aromatic carbocycles. The fourth-order valence-electron chi connectivity index (χ4n) is 1.78. The van der Waals surface area contributed by atoms with Crippen molar-refractivity contribution in [1.29, 1.82) is 21.0 Å². The molecule has 0 aliphatic heterocycles. The van der Waals surface area contributed by atoms with Crippen LogP contribution < -0.4 is 0 Å². The number of carbonyl (C=O) groups excluding carboxylic acids is 1. The SMILES string of the molecule is N#CC(C#N)C(C#N)(C#N)CC(=O)Cc1ccccc1. The van der Waals surface area contributed by atoms with Crippen molar-refractivity contribution in [3.8, 4) is 24.3 Å². The second-order valence-corrected chi connectivity index (χ2v) is 4.26. The minimum Gasteiger partial charge on any atom is -0.299 e. The summed E-state index contributed by atoms with van der Waals surface area (Å²) in [6, 6.07) is 15.4. The number of rotatable bonds is 5. The lowest BCUT2D eigenvalue weighted by Crippen LogP contribution is -2.29. The Labute approximate surface area is 116 Å². The number of ketones is 1. The van der Waals surface area contributed by atoms with Crippen LogP contribution >= 0.6 is 0 Å². The van der Waals surface area contributed by atoms with E-state index in [1.54, 1.807) is 48.5 Å². The molecule has 0 fully saturated rings. The first kappa shape index (κ1) is 14.9. The van der Waals surface area contributed by atoms with Gasteiger partial charge in [-0.25, -0.2) is 0 Å². The number of nitrogens with zero attached hydrogens (tertiary/aromatic N) is 4. The predicted octanol–water partition coefficient (Wildman–Crippen LogP) is 1.89. The van der Waals surface area contributed by atoms with Crippen LogP contribution in [0.3, 0.4) is 0 Å². The molecular formula is C15H10N4O. The summed E-state index contributed by atoms with van der Waals surface area (Å²) in [5, 5.41) is 35.9. The van der Waals surface area contributed by atoms with E-state index in [1.807, 2.05) is 6.07 Å². The van der Waals surface area contributed by atoms with Crippen molar-refractivity contribution >= 4 is 5.78 Å². The lowest BCUT2D eigenvalue weighted by atomic mass is 9.75. The number of hydrogen-bond acceptors (Lipinski definition) is 5. The van der Waals surface area contributed by atoms with E-state index in [9.17, 15) is 4.79 Å². The smallest absolute Gasteiger partial charge is 0.179 e. The first-order valence-electron chi connectivity index (χ1n) is 5.79. The molecule has 1 aromatic rings. The zero-order chi connectivity index (χ0) is 15.0. The average Bonchev–Trinajstić information content (AvgIpc) is 2.48. The van der Waals surface area contributed by atoms with Crippen LogP contribution in [0.15, 0.2) is 30.3 Å². The van der Waals surface area contributed by atoms with Gasteiger partial charge in [0.1, 0.15) is 5.78 Å². The van der Waals surface area contributed by atoms with E-state index in [0.717, 1.165) is 5.56 Å². The van der Waals surface area contributed by atoms with Crippen LogP contribution in [0.25, 0.3) is 0 Å². The van der Waals surface area contributed by atoms with E-state index >= 15 is 0 Å². The summed E-state index contributed by atoms with van der Waals surface area (Å²) in [5.74, 6) is -1.80. The van der Waals surface area contributed by atoms with Crippen LogP contribution in [0.4, 0.5) is 0 Å². The van der Waals surface area contributed by atoms with Gasteiger partial charge >= 0.3 is 0 Å². The highest BCUT2D eigenvalue weighted by Crippen LogP contribution is 2.30. The molecule has 0 aromatic heterocycles. The van der Waals surface area contributed by atoms with Gasteiger partial charge in [0.05, 0.1) is 24.3 Å². The molecular weight excluding hydrogens is 252 g/mol. The second-order valence-electron chi connectivity index (χ2n) is 4.26. The van der Waals surface area contributed by atoms with Gasteiger partial charge in [-0.3, -0.25) is 4.79 Å². The highest BCUT2D eigenvalue weighted by molar-refractivity contribution is 5.82. The van der Waals surface area contributed by atoms with Crippen LogP contribution in [-0.2, 0) is 11.2 Å². The van der Waals surface area contributed by atoms with E-state index in [2.05, 4.69) is 0 Å². The summed E-state index contributed by atoms with van der Waals surface area (Å²) in [4.78, 5) is 12.0. The molecule has 0 heterocycles. The van der Waals surface area contributed by atoms with Crippen LogP contribution in [-0.4, -0.2) is 5.78 Å². The van der Waals surface area contributed by atoms with Crippen LogP contribution in [0.5, 0.6) is 0 Å². The summed E-state index contributed by atoms with van der Waals surface area (Å²) in [5.41, 5.74) is -1.15. The molecule has 5 nitrogen and oxygen atoms in total. The Bertz CT molecular complexity index is 624. The van der Waals surface area contributed by atoms with Gasteiger partial charge < -0.3 is 0 Å². The monoisotopic (exact) mass is 262 g/mol. The molecule has 0 saturated heterocycles. The molecule has 0 spiro atoms. The molecule has 1 rings (SSSR count). The van der Waals surface area contributed by atoms with Crippen molar-refractivity contribution in [3.63, 3.8) is 0 Å². The van der Waals surface area contributed by atoms with E-state index in [1.165, 1.54) is 0 Å². The summed E-state index contributed by atoms with van der Waals surface area (Å²) < 4.78 is 0. The van der Waals surface area contributed by atoms with Crippen LogP contribution in [0, 0.1) is 56.7 Å². The Kier molecular flexibility index (Phi) is 4.99. The van der Waals surface area contributed by atoms with Crippen LogP contribution in [0.2, 0.25) is 0 Å². The van der Waals surface area contributed by atoms with Gasteiger partial charge in [-0.1, -0.05) is 30.3 Å². The van der Waals surface area contributed by atoms with Gasteiger partial charge in [0.15, 0.2) is 11.3 Å². The number of benzene rings is 1. The number of Topliss-reactive ketones (excluding diaryl/α,β-unsaturated/α-hetero) is 1. The van der Waals surface area contributed by atoms with Gasteiger partial charge in [0.2, 0.25) is 0 Å². The van der Waals surface area contributed by atoms with Crippen molar-refractivity contribution in [2.24, 2.45) is 11.3 Å². The Morgan fingerprint density at radius 2 is 1.60 bits per heavy atom. The molecule has 0 bridgehead atoms. The fourth-order valence-corrected chi connectivity index (χ4v) is 1.78. The van der Waals surface area contributed by atoms with Crippen molar-refractivity contribution in [2.45, 2.75) is 12.8 Å². The van der Waals surface area contributed by atoms with E-state index in [0.29, 0.717) is 0 Å². The molecule has 0 aliphatic carbocycles. The van der Waals surface area contributed by atoms with Crippen molar-refractivity contribution in [3.05, 3.63) is 35.9 Å². The molecule has 0 unspecified atom stereocenters. The third kappa shape index (κ3) is 3.20. The average molecular weight is 262 g/mol. The van der Waals surface area contributed by atoms with E-state index in [-0.39, 0.29) is 12.2 Å². The van der Waals surface area contributed by atoms with Gasteiger partial charge in [-0.05, 0) is 5.56 Å². The summed E-state index contributed by atoms with van der Waals surface area (Å²) in [7, 11) is 0. The third-order valence-corrected chi connectivity index (χ3v) is 2.87. The molecule has 0 N–H and O–H groups in total.